The lowest BCUT2D eigenvalue weighted by Gasteiger charge is -2.16. The van der Waals surface area contributed by atoms with E-state index in [9.17, 15) is 13.2 Å². The van der Waals surface area contributed by atoms with Gasteiger partial charge in [0.05, 0.1) is 11.5 Å². The van der Waals surface area contributed by atoms with E-state index in [0.717, 1.165) is 25.7 Å². The number of rotatable bonds is 7. The van der Waals surface area contributed by atoms with Gasteiger partial charge < -0.3 is 10.1 Å². The molecule has 156 valence electrons. The van der Waals surface area contributed by atoms with Gasteiger partial charge in [0.2, 0.25) is 0 Å². The summed E-state index contributed by atoms with van der Waals surface area (Å²) in [6.45, 7) is 2.38. The van der Waals surface area contributed by atoms with Crippen LogP contribution in [0.3, 0.4) is 0 Å². The molecular formula is C22H28N2O4S. The van der Waals surface area contributed by atoms with E-state index in [1.54, 1.807) is 36.4 Å². The molecule has 2 aromatic rings. The Balaban J connectivity index is 1.68. The van der Waals surface area contributed by atoms with Crippen LogP contribution >= 0.6 is 0 Å². The Morgan fingerprint density at radius 1 is 1.03 bits per heavy atom. The Morgan fingerprint density at radius 2 is 1.72 bits per heavy atom. The summed E-state index contributed by atoms with van der Waals surface area (Å²) in [4.78, 5) is 12.7. The van der Waals surface area contributed by atoms with Gasteiger partial charge in [-0.2, -0.15) is 0 Å². The first-order valence-corrected chi connectivity index (χ1v) is 11.6. The molecule has 0 aliphatic heterocycles. The maximum Gasteiger partial charge on any atom is 0.261 e. The van der Waals surface area contributed by atoms with Gasteiger partial charge in [-0.3, -0.25) is 9.52 Å². The molecule has 0 heterocycles. The molecule has 7 heteroatoms. The molecule has 0 spiro atoms. The average Bonchev–Trinajstić information content (AvgIpc) is 2.97. The minimum Gasteiger partial charge on any atom is -0.494 e. The molecule has 1 aliphatic rings. The van der Waals surface area contributed by atoms with Crippen LogP contribution in [0.5, 0.6) is 5.75 Å². The predicted octanol–water partition coefficient (Wildman–Crippen LogP) is 4.34. The van der Waals surface area contributed by atoms with Crippen LogP contribution in [0.2, 0.25) is 0 Å². The molecule has 0 atom stereocenters. The fourth-order valence-corrected chi connectivity index (χ4v) is 4.56. The average molecular weight is 417 g/mol. The Kier molecular flexibility index (Phi) is 7.14. The van der Waals surface area contributed by atoms with Crippen molar-refractivity contribution in [2.45, 2.75) is 56.4 Å². The van der Waals surface area contributed by atoms with E-state index >= 15 is 0 Å². The zero-order valence-corrected chi connectivity index (χ0v) is 17.5. The Morgan fingerprint density at radius 3 is 2.38 bits per heavy atom. The van der Waals surface area contributed by atoms with Crippen LogP contribution in [0.4, 0.5) is 5.69 Å². The maximum absolute atomic E-state index is 12.7. The highest BCUT2D eigenvalue weighted by molar-refractivity contribution is 7.92. The second-order valence-corrected chi connectivity index (χ2v) is 8.94. The second kappa shape index (κ2) is 9.78. The molecular weight excluding hydrogens is 388 g/mol. The molecule has 1 amide bonds. The number of nitrogens with one attached hydrogen (secondary N) is 2. The highest BCUT2D eigenvalue weighted by Gasteiger charge is 2.18. The lowest BCUT2D eigenvalue weighted by molar-refractivity contribution is 0.0933. The van der Waals surface area contributed by atoms with Crippen molar-refractivity contribution in [2.75, 3.05) is 11.3 Å². The third kappa shape index (κ3) is 5.97. The van der Waals surface area contributed by atoms with Gasteiger partial charge in [-0.05, 0) is 62.2 Å². The summed E-state index contributed by atoms with van der Waals surface area (Å²) in [5, 5.41) is 3.09. The standard InChI is InChI=1S/C22H28N2O4S/c1-2-28-20-12-14-21(15-13-20)29(26,27)24-19-11-7-8-17(16-19)22(25)23-18-9-5-3-4-6-10-18/h7-8,11-16,18,24H,2-6,9-10H2,1H3,(H,23,25). The summed E-state index contributed by atoms with van der Waals surface area (Å²) in [6.07, 6.45) is 6.69. The highest BCUT2D eigenvalue weighted by Crippen LogP contribution is 2.21. The van der Waals surface area contributed by atoms with E-state index in [2.05, 4.69) is 10.0 Å². The largest absolute Gasteiger partial charge is 0.494 e. The van der Waals surface area contributed by atoms with Crippen molar-refractivity contribution in [3.63, 3.8) is 0 Å². The van der Waals surface area contributed by atoms with Crippen LogP contribution in [0, 0.1) is 0 Å². The molecule has 1 fully saturated rings. The van der Waals surface area contributed by atoms with E-state index in [-0.39, 0.29) is 16.8 Å². The quantitative estimate of drug-likeness (QED) is 0.658. The zero-order chi connectivity index (χ0) is 20.7. The molecule has 1 saturated carbocycles. The smallest absolute Gasteiger partial charge is 0.261 e. The number of ether oxygens (including phenoxy) is 1. The number of hydrogen-bond donors (Lipinski definition) is 2. The van der Waals surface area contributed by atoms with E-state index < -0.39 is 10.0 Å². The van der Waals surface area contributed by atoms with Crippen molar-refractivity contribution < 1.29 is 17.9 Å². The molecule has 6 nitrogen and oxygen atoms in total. The van der Waals surface area contributed by atoms with Crippen LogP contribution < -0.4 is 14.8 Å². The highest BCUT2D eigenvalue weighted by atomic mass is 32.2. The van der Waals surface area contributed by atoms with Crippen LogP contribution in [0.25, 0.3) is 0 Å². The first kappa shape index (κ1) is 21.2. The predicted molar refractivity (Wildman–Crippen MR) is 114 cm³/mol. The summed E-state index contributed by atoms with van der Waals surface area (Å²) >= 11 is 0. The first-order valence-electron chi connectivity index (χ1n) is 10.1. The van der Waals surface area contributed by atoms with Gasteiger partial charge >= 0.3 is 0 Å². The lowest BCUT2D eigenvalue weighted by atomic mass is 10.1. The molecule has 29 heavy (non-hydrogen) atoms. The normalized spacial score (nSPS) is 15.3. The summed E-state index contributed by atoms with van der Waals surface area (Å²) < 4.78 is 33.2. The molecule has 2 aromatic carbocycles. The number of hydrogen-bond acceptors (Lipinski definition) is 4. The Hall–Kier alpha value is -2.54. The molecule has 2 N–H and O–H groups in total. The number of carbonyl (C=O) groups excluding carboxylic acids is 1. The third-order valence-corrected chi connectivity index (χ3v) is 6.41. The van der Waals surface area contributed by atoms with Crippen molar-refractivity contribution >= 4 is 21.6 Å². The van der Waals surface area contributed by atoms with Crippen LogP contribution in [-0.4, -0.2) is 27.0 Å². The lowest BCUT2D eigenvalue weighted by Crippen LogP contribution is -2.34. The molecule has 1 aliphatic carbocycles. The first-order chi connectivity index (χ1) is 14.0. The zero-order valence-electron chi connectivity index (χ0n) is 16.7. The van der Waals surface area contributed by atoms with Crippen molar-refractivity contribution in [2.24, 2.45) is 0 Å². The van der Waals surface area contributed by atoms with Crippen molar-refractivity contribution in [1.29, 1.82) is 0 Å². The summed E-state index contributed by atoms with van der Waals surface area (Å²) in [6, 6.07) is 13.0. The van der Waals surface area contributed by atoms with Crippen LogP contribution in [0.1, 0.15) is 55.8 Å². The van der Waals surface area contributed by atoms with Crippen molar-refractivity contribution in [3.8, 4) is 5.75 Å². The van der Waals surface area contributed by atoms with E-state index in [0.29, 0.717) is 23.6 Å². The minimum absolute atomic E-state index is 0.134. The van der Waals surface area contributed by atoms with Crippen molar-refractivity contribution in [3.05, 3.63) is 54.1 Å². The van der Waals surface area contributed by atoms with Gasteiger partial charge in [-0.1, -0.05) is 31.7 Å². The maximum atomic E-state index is 12.7. The number of anilines is 1. The molecule has 0 bridgehead atoms. The van der Waals surface area contributed by atoms with Crippen molar-refractivity contribution in [1.82, 2.24) is 5.32 Å². The minimum atomic E-state index is -3.76. The fraction of sp³-hybridized carbons (Fsp3) is 0.409. The van der Waals surface area contributed by atoms with Crippen LogP contribution in [0.15, 0.2) is 53.4 Å². The summed E-state index contributed by atoms with van der Waals surface area (Å²) in [5.41, 5.74) is 0.800. The number of amides is 1. The molecule has 0 unspecified atom stereocenters. The van der Waals surface area contributed by atoms with Gasteiger partial charge in [0.1, 0.15) is 5.75 Å². The van der Waals surface area contributed by atoms with Crippen LogP contribution in [-0.2, 0) is 10.0 Å². The Labute approximate surface area is 172 Å². The van der Waals surface area contributed by atoms with Gasteiger partial charge in [-0.25, -0.2) is 8.42 Å². The molecule has 0 saturated heterocycles. The molecule has 3 rings (SSSR count). The van der Waals surface area contributed by atoms with Gasteiger partial charge in [0.25, 0.3) is 15.9 Å². The topological polar surface area (TPSA) is 84.5 Å². The Bertz CT molecular complexity index is 918. The second-order valence-electron chi connectivity index (χ2n) is 7.25. The number of benzene rings is 2. The van der Waals surface area contributed by atoms with Gasteiger partial charge in [0, 0.05) is 17.3 Å². The summed E-state index contributed by atoms with van der Waals surface area (Å²) in [5.74, 6) is 0.447. The third-order valence-electron chi connectivity index (χ3n) is 5.01. The van der Waals surface area contributed by atoms with Gasteiger partial charge in [0.15, 0.2) is 0 Å². The SMILES string of the molecule is CCOc1ccc(S(=O)(=O)Nc2cccc(C(=O)NC3CCCCCC3)c2)cc1. The van der Waals surface area contributed by atoms with E-state index in [1.807, 2.05) is 6.92 Å². The number of sulfonamides is 1. The monoisotopic (exact) mass is 416 g/mol. The van der Waals surface area contributed by atoms with E-state index in [4.69, 9.17) is 4.74 Å². The number of carbonyl (C=O) groups is 1. The fourth-order valence-electron chi connectivity index (χ4n) is 3.51. The molecule has 0 aromatic heterocycles. The summed E-state index contributed by atoms with van der Waals surface area (Å²) in [7, 11) is -3.76. The van der Waals surface area contributed by atoms with E-state index in [1.165, 1.54) is 25.0 Å². The van der Waals surface area contributed by atoms with Gasteiger partial charge in [-0.15, -0.1) is 0 Å². The molecule has 0 radical (unpaired) electrons.